The number of piperidine rings is 1. The first-order valence-electron chi connectivity index (χ1n) is 6.24. The first-order valence-corrected chi connectivity index (χ1v) is 6.24. The molecule has 1 rings (SSSR count). The van der Waals surface area contributed by atoms with Gasteiger partial charge in [0, 0.05) is 18.6 Å². The van der Waals surface area contributed by atoms with Crippen LogP contribution < -0.4 is 5.73 Å². The molecule has 2 N–H and O–H groups in total. The predicted molar refractivity (Wildman–Crippen MR) is 66.0 cm³/mol. The Hall–Kier alpha value is -0.120. The van der Waals surface area contributed by atoms with Crippen LogP contribution in [-0.4, -0.2) is 55.6 Å². The van der Waals surface area contributed by atoms with Crippen LogP contribution in [0.2, 0.25) is 0 Å². The number of likely N-dealkylation sites (N-methyl/N-ethyl adjacent to an activating group) is 2. The van der Waals surface area contributed by atoms with Crippen LogP contribution in [0.1, 0.15) is 32.6 Å². The van der Waals surface area contributed by atoms with Crippen LogP contribution in [0.3, 0.4) is 0 Å². The van der Waals surface area contributed by atoms with Gasteiger partial charge in [0.1, 0.15) is 0 Å². The zero-order chi connectivity index (χ0) is 11.3. The molecule has 0 radical (unpaired) electrons. The Labute approximate surface area is 94.6 Å². The lowest BCUT2D eigenvalue weighted by Gasteiger charge is -2.36. The van der Waals surface area contributed by atoms with Crippen molar-refractivity contribution in [1.29, 1.82) is 0 Å². The zero-order valence-corrected chi connectivity index (χ0v) is 10.6. The summed E-state index contributed by atoms with van der Waals surface area (Å²) in [6, 6.07) is 1.12. The highest BCUT2D eigenvalue weighted by atomic mass is 15.2. The third kappa shape index (κ3) is 4.96. The van der Waals surface area contributed by atoms with Crippen LogP contribution in [-0.2, 0) is 0 Å². The summed E-state index contributed by atoms with van der Waals surface area (Å²) in [6.45, 7) is 5.79. The van der Waals surface area contributed by atoms with Crippen molar-refractivity contribution >= 4 is 0 Å². The predicted octanol–water partition coefficient (Wildman–Crippen LogP) is 1.14. The molecule has 0 spiro atoms. The summed E-state index contributed by atoms with van der Waals surface area (Å²) in [7, 11) is 4.48. The fraction of sp³-hybridized carbons (Fsp3) is 1.00. The summed E-state index contributed by atoms with van der Waals surface area (Å²) in [6.07, 6.45) is 5.08. The Morgan fingerprint density at radius 1 is 1.53 bits per heavy atom. The minimum atomic E-state index is 0.354. The van der Waals surface area contributed by atoms with E-state index in [0.717, 1.165) is 12.5 Å². The summed E-state index contributed by atoms with van der Waals surface area (Å²) in [5.41, 5.74) is 5.75. The molecule has 1 heterocycles. The van der Waals surface area contributed by atoms with Gasteiger partial charge in [-0.1, -0.05) is 0 Å². The van der Waals surface area contributed by atoms with Crippen molar-refractivity contribution in [1.82, 2.24) is 9.80 Å². The third-order valence-corrected chi connectivity index (χ3v) is 3.39. The van der Waals surface area contributed by atoms with E-state index in [4.69, 9.17) is 5.73 Å². The molecule has 2 atom stereocenters. The van der Waals surface area contributed by atoms with E-state index < -0.39 is 0 Å². The highest BCUT2D eigenvalue weighted by Crippen LogP contribution is 2.13. The van der Waals surface area contributed by atoms with E-state index >= 15 is 0 Å². The molecule has 0 amide bonds. The van der Waals surface area contributed by atoms with Gasteiger partial charge in [0.15, 0.2) is 0 Å². The summed E-state index contributed by atoms with van der Waals surface area (Å²) in [5.74, 6) is 0. The molecule has 15 heavy (non-hydrogen) atoms. The molecule has 1 aliphatic heterocycles. The molecule has 1 fully saturated rings. The van der Waals surface area contributed by atoms with E-state index in [1.807, 2.05) is 0 Å². The Balaban J connectivity index is 2.17. The van der Waals surface area contributed by atoms with Gasteiger partial charge in [-0.25, -0.2) is 0 Å². The lowest BCUT2D eigenvalue weighted by Crippen LogP contribution is -2.45. The van der Waals surface area contributed by atoms with Crippen LogP contribution in [0.15, 0.2) is 0 Å². The molecular weight excluding hydrogens is 186 g/mol. The van der Waals surface area contributed by atoms with Crippen LogP contribution in [0.25, 0.3) is 0 Å². The minimum absolute atomic E-state index is 0.354. The lowest BCUT2D eigenvalue weighted by molar-refractivity contribution is 0.132. The second-order valence-electron chi connectivity index (χ2n) is 5.16. The van der Waals surface area contributed by atoms with Crippen molar-refractivity contribution in [3.05, 3.63) is 0 Å². The normalized spacial score (nSPS) is 25.8. The van der Waals surface area contributed by atoms with Crippen LogP contribution in [0.4, 0.5) is 0 Å². The number of nitrogens with two attached hydrogens (primary N) is 1. The molecule has 0 aromatic carbocycles. The number of hydrogen-bond donors (Lipinski definition) is 1. The molecule has 3 nitrogen and oxygen atoms in total. The van der Waals surface area contributed by atoms with Gasteiger partial charge in [-0.15, -0.1) is 0 Å². The molecule has 0 aliphatic carbocycles. The first kappa shape index (κ1) is 12.9. The Kier molecular flexibility index (Phi) is 5.58. The second kappa shape index (κ2) is 6.46. The molecule has 90 valence electrons. The van der Waals surface area contributed by atoms with Gasteiger partial charge in [-0.3, -0.25) is 0 Å². The number of nitrogens with zero attached hydrogens (tertiary/aromatic N) is 2. The minimum Gasteiger partial charge on any atom is -0.328 e. The lowest BCUT2D eigenvalue weighted by atomic mass is 10.0. The van der Waals surface area contributed by atoms with Crippen molar-refractivity contribution in [3.63, 3.8) is 0 Å². The molecule has 3 heteroatoms. The Bertz CT molecular complexity index is 170. The molecule has 1 aliphatic rings. The fourth-order valence-electron chi connectivity index (χ4n) is 2.34. The SMILES string of the molecule is CC(N)CCCN(C)C1CCCN(C)C1. The summed E-state index contributed by atoms with van der Waals surface area (Å²) < 4.78 is 0. The van der Waals surface area contributed by atoms with Crippen LogP contribution in [0, 0.1) is 0 Å². The van der Waals surface area contributed by atoms with Gasteiger partial charge in [0.2, 0.25) is 0 Å². The van der Waals surface area contributed by atoms with Crippen molar-refractivity contribution in [3.8, 4) is 0 Å². The van der Waals surface area contributed by atoms with Crippen LogP contribution >= 0.6 is 0 Å². The molecule has 0 aromatic heterocycles. The number of hydrogen-bond acceptors (Lipinski definition) is 3. The first-order chi connectivity index (χ1) is 7.09. The zero-order valence-electron chi connectivity index (χ0n) is 10.6. The van der Waals surface area contributed by atoms with E-state index in [1.165, 1.54) is 38.9 Å². The van der Waals surface area contributed by atoms with Gasteiger partial charge in [0.05, 0.1) is 0 Å². The standard InChI is InChI=1S/C12H27N3/c1-11(13)6-4-9-15(3)12-7-5-8-14(2)10-12/h11-12H,4-10,13H2,1-3H3. The van der Waals surface area contributed by atoms with Crippen molar-refractivity contribution in [2.24, 2.45) is 5.73 Å². The van der Waals surface area contributed by atoms with Gasteiger partial charge >= 0.3 is 0 Å². The van der Waals surface area contributed by atoms with E-state index in [1.54, 1.807) is 0 Å². The van der Waals surface area contributed by atoms with Gasteiger partial charge in [-0.05, 0) is 59.8 Å². The largest absolute Gasteiger partial charge is 0.328 e. The smallest absolute Gasteiger partial charge is 0.0220 e. The number of likely N-dealkylation sites (tertiary alicyclic amines) is 1. The maximum atomic E-state index is 5.75. The van der Waals surface area contributed by atoms with Gasteiger partial charge in [-0.2, -0.15) is 0 Å². The molecule has 0 aromatic rings. The van der Waals surface area contributed by atoms with Crippen LogP contribution in [0.5, 0.6) is 0 Å². The molecule has 0 bridgehead atoms. The average molecular weight is 213 g/mol. The van der Waals surface area contributed by atoms with E-state index in [2.05, 4.69) is 30.8 Å². The number of rotatable bonds is 5. The van der Waals surface area contributed by atoms with Gasteiger partial charge in [0.25, 0.3) is 0 Å². The monoisotopic (exact) mass is 213 g/mol. The molecule has 1 saturated heterocycles. The molecular formula is C12H27N3. The quantitative estimate of drug-likeness (QED) is 0.743. The van der Waals surface area contributed by atoms with Gasteiger partial charge < -0.3 is 15.5 Å². The summed E-state index contributed by atoms with van der Waals surface area (Å²) in [4.78, 5) is 4.95. The fourth-order valence-corrected chi connectivity index (χ4v) is 2.34. The van der Waals surface area contributed by atoms with Crippen molar-refractivity contribution in [2.75, 3.05) is 33.7 Å². The maximum Gasteiger partial charge on any atom is 0.0220 e. The maximum absolute atomic E-state index is 5.75. The molecule has 0 saturated carbocycles. The Morgan fingerprint density at radius 2 is 2.27 bits per heavy atom. The topological polar surface area (TPSA) is 32.5 Å². The van der Waals surface area contributed by atoms with E-state index in [9.17, 15) is 0 Å². The highest BCUT2D eigenvalue weighted by Gasteiger charge is 2.20. The van der Waals surface area contributed by atoms with Crippen molar-refractivity contribution in [2.45, 2.75) is 44.7 Å². The summed E-state index contributed by atoms with van der Waals surface area (Å²) >= 11 is 0. The second-order valence-corrected chi connectivity index (χ2v) is 5.16. The summed E-state index contributed by atoms with van der Waals surface area (Å²) in [5, 5.41) is 0. The highest BCUT2D eigenvalue weighted by molar-refractivity contribution is 4.77. The van der Waals surface area contributed by atoms with Crippen molar-refractivity contribution < 1.29 is 0 Å². The average Bonchev–Trinajstić information content (AvgIpc) is 2.17. The third-order valence-electron chi connectivity index (χ3n) is 3.39. The Morgan fingerprint density at radius 3 is 2.87 bits per heavy atom. The van der Waals surface area contributed by atoms with E-state index in [0.29, 0.717) is 6.04 Å². The van der Waals surface area contributed by atoms with E-state index in [-0.39, 0.29) is 0 Å². The molecule has 2 unspecified atom stereocenters.